The fourth-order valence-electron chi connectivity index (χ4n) is 2.03. The third-order valence-corrected chi connectivity index (χ3v) is 7.50. The molecule has 6 nitrogen and oxygen atoms in total. The van der Waals surface area contributed by atoms with Gasteiger partial charge in [0, 0.05) is 0 Å². The summed E-state index contributed by atoms with van der Waals surface area (Å²) in [4.78, 5) is 18.3. The van der Waals surface area contributed by atoms with Gasteiger partial charge in [-0.15, -0.1) is 0 Å². The van der Waals surface area contributed by atoms with Gasteiger partial charge in [-0.3, -0.25) is 0 Å². The zero-order valence-electron chi connectivity index (χ0n) is 10.9. The van der Waals surface area contributed by atoms with E-state index in [1.807, 2.05) is 0 Å². The maximum absolute atomic E-state index is 13.3. The molecule has 1 aromatic heterocycles. The minimum atomic E-state index is -4.15. The van der Waals surface area contributed by atoms with Gasteiger partial charge in [0.25, 0.3) is 0 Å². The molecule has 1 heterocycles. The number of carbonyl (C=O) groups excluding carboxylic acids is 1. The molecule has 1 atom stereocenters. The van der Waals surface area contributed by atoms with Crippen LogP contribution in [0.15, 0.2) is 54.9 Å². The van der Waals surface area contributed by atoms with E-state index in [4.69, 9.17) is 9.55 Å². The molecule has 0 saturated heterocycles. The number of imidazole rings is 1. The molecule has 1 unspecified atom stereocenters. The summed E-state index contributed by atoms with van der Waals surface area (Å²) in [7, 11) is 0. The van der Waals surface area contributed by atoms with E-state index in [0.29, 0.717) is 14.4 Å². The quantitative estimate of drug-likeness (QED) is 0.678. The van der Waals surface area contributed by atoms with Crippen LogP contribution in [0.4, 0.5) is 4.79 Å². The van der Waals surface area contributed by atoms with E-state index in [2.05, 4.69) is 9.97 Å². The average Bonchev–Trinajstić information content (AvgIpc) is 2.94. The summed E-state index contributed by atoms with van der Waals surface area (Å²) in [5.74, 6) is 0. The molecule has 3 aromatic rings. The number of primary amides is 1. The maximum atomic E-state index is 13.3. The van der Waals surface area contributed by atoms with Crippen LogP contribution in [0.2, 0.25) is 0 Å². The molecule has 7 heteroatoms. The first kappa shape index (κ1) is 13.5. The van der Waals surface area contributed by atoms with Crippen molar-refractivity contribution >= 4 is 39.2 Å². The van der Waals surface area contributed by atoms with Crippen molar-refractivity contribution in [2.75, 3.05) is 0 Å². The molecule has 107 valence electrons. The van der Waals surface area contributed by atoms with Crippen LogP contribution in [-0.4, -0.2) is 29.2 Å². The Morgan fingerprint density at radius 1 is 1.14 bits per heavy atom. The molecule has 21 heavy (non-hydrogen) atoms. The van der Waals surface area contributed by atoms with Crippen molar-refractivity contribution in [2.24, 2.45) is 5.73 Å². The van der Waals surface area contributed by atoms with Crippen molar-refractivity contribution < 1.29 is 12.4 Å². The number of aromatic nitrogens is 2. The number of amides is 1. The van der Waals surface area contributed by atoms with Crippen LogP contribution >= 0.6 is 0 Å². The Morgan fingerprint density at radius 2 is 1.90 bits per heavy atom. The van der Waals surface area contributed by atoms with Crippen LogP contribution in [0, 0.1) is 0 Å². The number of nitrogens with zero attached hydrogens (tertiary/aromatic N) is 1. The second-order valence-electron chi connectivity index (χ2n) is 4.30. The second-order valence-corrected chi connectivity index (χ2v) is 8.74. The van der Waals surface area contributed by atoms with Crippen LogP contribution in [0.3, 0.4) is 0 Å². The third kappa shape index (κ3) is 2.44. The summed E-state index contributed by atoms with van der Waals surface area (Å²) < 4.78 is 19.2. The molecule has 3 N–H and O–H groups in total. The van der Waals surface area contributed by atoms with Crippen molar-refractivity contribution in [1.29, 1.82) is 0 Å². The van der Waals surface area contributed by atoms with Crippen LogP contribution in [0.25, 0.3) is 11.0 Å². The fourth-order valence-corrected chi connectivity index (χ4v) is 5.65. The van der Waals surface area contributed by atoms with Gasteiger partial charge in [0.1, 0.15) is 0 Å². The summed E-state index contributed by atoms with van der Waals surface area (Å²) in [6.45, 7) is 0. The van der Waals surface area contributed by atoms with Gasteiger partial charge < -0.3 is 0 Å². The molecule has 0 bridgehead atoms. The molecule has 1 radical (unpaired) electrons. The van der Waals surface area contributed by atoms with E-state index in [-0.39, 0.29) is 0 Å². The Hall–Kier alpha value is -2.50. The van der Waals surface area contributed by atoms with E-state index in [1.165, 1.54) is 0 Å². The summed E-state index contributed by atoms with van der Waals surface area (Å²) in [5, 5.41) is 0. The molecule has 0 saturated carbocycles. The molecule has 0 aliphatic carbocycles. The number of rotatable bonds is 3. The van der Waals surface area contributed by atoms with E-state index >= 15 is 0 Å². The number of carbonyl (C=O) groups is 1. The van der Waals surface area contributed by atoms with Crippen molar-refractivity contribution in [2.45, 2.75) is 0 Å². The molecular formula is C14H12N3O3Se. The zero-order valence-corrected chi connectivity index (χ0v) is 12.6. The predicted octanol–water partition coefficient (Wildman–Crippen LogP) is 0.645. The Bertz CT molecular complexity index is 845. The van der Waals surface area contributed by atoms with Gasteiger partial charge in [-0.2, -0.15) is 0 Å². The fraction of sp³-hybridized carbons (Fsp3) is 0. The number of benzene rings is 2. The summed E-state index contributed by atoms with van der Waals surface area (Å²) in [6, 6.07) is 13.6. The molecule has 2 aromatic carbocycles. The van der Waals surface area contributed by atoms with E-state index in [1.54, 1.807) is 54.9 Å². The van der Waals surface area contributed by atoms with E-state index in [0.717, 1.165) is 5.52 Å². The molecule has 3 rings (SSSR count). The van der Waals surface area contributed by atoms with Gasteiger partial charge in [0.15, 0.2) is 0 Å². The summed E-state index contributed by atoms with van der Waals surface area (Å²) >= 11 is -4.15. The Balaban J connectivity index is 2.19. The Morgan fingerprint density at radius 3 is 2.62 bits per heavy atom. The molecule has 0 aliphatic heterocycles. The molecule has 0 spiro atoms. The van der Waals surface area contributed by atoms with Crippen molar-refractivity contribution in [3.8, 4) is 0 Å². The first-order valence-corrected chi connectivity index (χ1v) is 9.22. The monoisotopic (exact) mass is 350 g/mol. The van der Waals surface area contributed by atoms with Crippen LogP contribution in [-0.2, 0) is 7.65 Å². The van der Waals surface area contributed by atoms with Crippen LogP contribution in [0.5, 0.6) is 0 Å². The average molecular weight is 349 g/mol. The first-order chi connectivity index (χ1) is 10.1. The minimum absolute atomic E-state index is 0.413. The van der Waals surface area contributed by atoms with Gasteiger partial charge in [-0.25, -0.2) is 0 Å². The molecule has 1 amide bonds. The van der Waals surface area contributed by atoms with Crippen LogP contribution in [0.1, 0.15) is 0 Å². The molecule has 0 fully saturated rings. The van der Waals surface area contributed by atoms with Gasteiger partial charge in [-0.05, 0) is 0 Å². The van der Waals surface area contributed by atoms with Gasteiger partial charge >= 0.3 is 122 Å². The van der Waals surface area contributed by atoms with Crippen molar-refractivity contribution in [1.82, 2.24) is 9.97 Å². The summed E-state index contributed by atoms with van der Waals surface area (Å²) in [6.07, 6.45) is 0.484. The topological polar surface area (TPSA) is 98.1 Å². The van der Waals surface area contributed by atoms with Gasteiger partial charge in [-0.1, -0.05) is 0 Å². The van der Waals surface area contributed by atoms with Crippen molar-refractivity contribution in [3.05, 3.63) is 54.9 Å². The third-order valence-electron chi connectivity index (χ3n) is 2.96. The van der Waals surface area contributed by atoms with Gasteiger partial charge in [0.05, 0.1) is 0 Å². The zero-order chi connectivity index (χ0) is 14.9. The van der Waals surface area contributed by atoms with E-state index < -0.39 is 19.2 Å². The molecule has 0 aliphatic rings. The van der Waals surface area contributed by atoms with Crippen LogP contribution < -0.4 is 14.7 Å². The molecular weight excluding hydrogens is 337 g/mol. The number of nitrogens with one attached hydrogen (secondary N) is 1. The Labute approximate surface area is 122 Å². The number of hydrogen-bond donors (Lipinski definition) is 2. The Kier molecular flexibility index (Phi) is 3.29. The standard InChI is InChI=1S/C14H12N3O3Se/c15-14(18)20-21(19,10-4-2-1-3-5-10)11-6-7-12-13(8-11)17-9-16-12/h1-9H,(H2,15,18)(H,16,17). The number of H-pyrrole nitrogens is 1. The number of aromatic amines is 1. The normalized spacial score (nSPS) is 13.7. The first-order valence-electron chi connectivity index (χ1n) is 6.11. The van der Waals surface area contributed by atoms with Gasteiger partial charge in [0.2, 0.25) is 0 Å². The number of fused-ring (bicyclic) bond motifs is 1. The number of nitrogens with two attached hydrogens (primary N) is 1. The summed E-state index contributed by atoms with van der Waals surface area (Å²) in [5.41, 5.74) is 6.56. The predicted molar refractivity (Wildman–Crippen MR) is 78.9 cm³/mol. The SMILES string of the molecule is NC(=O)O[Se](=O)(c1ccccc1)c1ccc2[nH]cnc2c1. The second kappa shape index (κ2) is 5.12. The number of hydrogen-bond acceptors (Lipinski definition) is 4. The van der Waals surface area contributed by atoms with Crippen molar-refractivity contribution in [3.63, 3.8) is 0 Å². The van der Waals surface area contributed by atoms with E-state index in [9.17, 15) is 8.63 Å².